The Hall–Kier alpha value is -1.11. The van der Waals surface area contributed by atoms with E-state index in [0.29, 0.717) is 0 Å². The van der Waals surface area contributed by atoms with Crippen LogP contribution in [0.2, 0.25) is 0 Å². The molecule has 0 unspecified atom stereocenters. The molecule has 0 heterocycles. The lowest BCUT2D eigenvalue weighted by Gasteiger charge is -1.90. The smallest absolute Gasteiger partial charge is 0.181 e. The van der Waals surface area contributed by atoms with Crippen LogP contribution in [0.25, 0.3) is 0 Å². The van der Waals surface area contributed by atoms with Crippen molar-refractivity contribution in [3.63, 3.8) is 0 Å². The van der Waals surface area contributed by atoms with Crippen LogP contribution < -0.4 is 5.43 Å². The number of aryl methyl sites for hydroxylation is 1. The standard InChI is InChI=1S/C11H12O/c1-8-7-10(9-5-6-9)3-2-4-11(8)12/h2-4,7,9H,5-6H2,1H3. The topological polar surface area (TPSA) is 17.1 Å². The van der Waals surface area contributed by atoms with Crippen LogP contribution in [0.4, 0.5) is 0 Å². The van der Waals surface area contributed by atoms with E-state index in [9.17, 15) is 4.79 Å². The van der Waals surface area contributed by atoms with Crippen molar-refractivity contribution in [2.75, 3.05) is 0 Å². The monoisotopic (exact) mass is 160 g/mol. The van der Waals surface area contributed by atoms with E-state index in [1.54, 1.807) is 6.07 Å². The van der Waals surface area contributed by atoms with E-state index in [2.05, 4.69) is 6.07 Å². The number of hydrogen-bond donors (Lipinski definition) is 0. The summed E-state index contributed by atoms with van der Waals surface area (Å²) < 4.78 is 0. The van der Waals surface area contributed by atoms with Crippen LogP contribution in [0.15, 0.2) is 29.1 Å². The van der Waals surface area contributed by atoms with Crippen LogP contribution in [-0.2, 0) is 0 Å². The van der Waals surface area contributed by atoms with Crippen LogP contribution in [0.1, 0.15) is 29.9 Å². The first kappa shape index (κ1) is 7.53. The minimum atomic E-state index is 0.141. The van der Waals surface area contributed by atoms with Gasteiger partial charge in [-0.3, -0.25) is 4.79 Å². The quantitative estimate of drug-likeness (QED) is 0.615. The molecule has 1 aliphatic carbocycles. The molecule has 0 spiro atoms. The van der Waals surface area contributed by atoms with E-state index < -0.39 is 0 Å². The molecular formula is C11H12O. The third-order valence-electron chi connectivity index (χ3n) is 2.36. The fourth-order valence-electron chi connectivity index (χ4n) is 1.42. The Morgan fingerprint density at radius 3 is 2.75 bits per heavy atom. The maximum Gasteiger partial charge on any atom is 0.181 e. The zero-order chi connectivity index (χ0) is 8.55. The lowest BCUT2D eigenvalue weighted by Crippen LogP contribution is -1.97. The Bertz CT molecular complexity index is 350. The van der Waals surface area contributed by atoms with Crippen molar-refractivity contribution in [2.45, 2.75) is 25.7 Å². The lowest BCUT2D eigenvalue weighted by atomic mass is 10.1. The van der Waals surface area contributed by atoms with Crippen LogP contribution >= 0.6 is 0 Å². The molecule has 1 saturated carbocycles. The van der Waals surface area contributed by atoms with E-state index in [1.165, 1.54) is 18.4 Å². The van der Waals surface area contributed by atoms with Gasteiger partial charge in [0, 0.05) is 0 Å². The summed E-state index contributed by atoms with van der Waals surface area (Å²) in [6, 6.07) is 7.59. The zero-order valence-electron chi connectivity index (χ0n) is 7.21. The van der Waals surface area contributed by atoms with Gasteiger partial charge in [-0.15, -0.1) is 0 Å². The van der Waals surface area contributed by atoms with Crippen molar-refractivity contribution in [3.8, 4) is 0 Å². The van der Waals surface area contributed by atoms with Crippen LogP contribution in [0, 0.1) is 6.92 Å². The van der Waals surface area contributed by atoms with Gasteiger partial charge < -0.3 is 0 Å². The van der Waals surface area contributed by atoms with Gasteiger partial charge >= 0.3 is 0 Å². The third-order valence-corrected chi connectivity index (χ3v) is 2.36. The second-order valence-electron chi connectivity index (χ2n) is 3.49. The van der Waals surface area contributed by atoms with Gasteiger partial charge in [0.25, 0.3) is 0 Å². The van der Waals surface area contributed by atoms with E-state index in [1.807, 2.05) is 19.1 Å². The molecule has 0 saturated heterocycles. The van der Waals surface area contributed by atoms with Gasteiger partial charge in [-0.25, -0.2) is 0 Å². The molecule has 0 amide bonds. The summed E-state index contributed by atoms with van der Waals surface area (Å²) >= 11 is 0. The lowest BCUT2D eigenvalue weighted by molar-refractivity contribution is 1.13. The van der Waals surface area contributed by atoms with Gasteiger partial charge in [0.05, 0.1) is 0 Å². The van der Waals surface area contributed by atoms with Crippen molar-refractivity contribution in [1.29, 1.82) is 0 Å². The summed E-state index contributed by atoms with van der Waals surface area (Å²) in [5, 5.41) is 0. The van der Waals surface area contributed by atoms with Gasteiger partial charge in [0.1, 0.15) is 0 Å². The molecule has 0 radical (unpaired) electrons. The summed E-state index contributed by atoms with van der Waals surface area (Å²) in [6.07, 6.45) is 2.58. The molecule has 1 fully saturated rings. The molecule has 0 aliphatic heterocycles. The van der Waals surface area contributed by atoms with E-state index in [0.717, 1.165) is 11.5 Å². The van der Waals surface area contributed by atoms with E-state index in [-0.39, 0.29) is 5.43 Å². The first-order valence-electron chi connectivity index (χ1n) is 4.38. The highest BCUT2D eigenvalue weighted by molar-refractivity contribution is 5.26. The Morgan fingerprint density at radius 1 is 1.33 bits per heavy atom. The molecule has 0 atom stereocenters. The SMILES string of the molecule is Cc1cc(C2CC2)cccc1=O. The molecule has 1 heteroatoms. The van der Waals surface area contributed by atoms with Crippen molar-refractivity contribution in [3.05, 3.63) is 45.6 Å². The van der Waals surface area contributed by atoms with Gasteiger partial charge in [-0.2, -0.15) is 0 Å². The predicted octanol–water partition coefficient (Wildman–Crippen LogP) is 2.23. The fourth-order valence-corrected chi connectivity index (χ4v) is 1.42. The summed E-state index contributed by atoms with van der Waals surface area (Å²) in [7, 11) is 0. The van der Waals surface area contributed by atoms with Crippen molar-refractivity contribution >= 4 is 0 Å². The molecule has 12 heavy (non-hydrogen) atoms. The van der Waals surface area contributed by atoms with E-state index >= 15 is 0 Å². The largest absolute Gasteiger partial charge is 0.290 e. The Labute approximate surface area is 72.1 Å². The van der Waals surface area contributed by atoms with Crippen LogP contribution in [-0.4, -0.2) is 0 Å². The minimum Gasteiger partial charge on any atom is -0.290 e. The Morgan fingerprint density at radius 2 is 2.08 bits per heavy atom. The molecule has 1 aliphatic rings. The summed E-state index contributed by atoms with van der Waals surface area (Å²) in [5.41, 5.74) is 2.33. The third kappa shape index (κ3) is 1.40. The average molecular weight is 160 g/mol. The molecule has 0 aromatic heterocycles. The number of hydrogen-bond acceptors (Lipinski definition) is 1. The van der Waals surface area contributed by atoms with Crippen LogP contribution in [0.5, 0.6) is 0 Å². The van der Waals surface area contributed by atoms with Crippen molar-refractivity contribution < 1.29 is 0 Å². The van der Waals surface area contributed by atoms with Gasteiger partial charge in [-0.1, -0.05) is 18.2 Å². The van der Waals surface area contributed by atoms with Crippen LogP contribution in [0.3, 0.4) is 0 Å². The second-order valence-corrected chi connectivity index (χ2v) is 3.49. The summed E-state index contributed by atoms with van der Waals surface area (Å²) in [5.74, 6) is 0.732. The second kappa shape index (κ2) is 2.74. The maximum absolute atomic E-state index is 11.2. The molecule has 1 aromatic rings. The van der Waals surface area contributed by atoms with Crippen molar-refractivity contribution in [1.82, 2.24) is 0 Å². The van der Waals surface area contributed by atoms with Gasteiger partial charge in [0.15, 0.2) is 5.43 Å². The molecule has 1 nitrogen and oxygen atoms in total. The highest BCUT2D eigenvalue weighted by Crippen LogP contribution is 2.39. The summed E-state index contributed by atoms with van der Waals surface area (Å²) in [6.45, 7) is 1.88. The molecular weight excluding hydrogens is 148 g/mol. The highest BCUT2D eigenvalue weighted by atomic mass is 16.1. The van der Waals surface area contributed by atoms with Gasteiger partial charge in [0.2, 0.25) is 0 Å². The minimum absolute atomic E-state index is 0.141. The Kier molecular flexibility index (Phi) is 1.72. The highest BCUT2D eigenvalue weighted by Gasteiger charge is 2.22. The van der Waals surface area contributed by atoms with Crippen molar-refractivity contribution in [2.24, 2.45) is 0 Å². The molecule has 62 valence electrons. The maximum atomic E-state index is 11.2. The Balaban J connectivity index is 2.53. The first-order chi connectivity index (χ1) is 5.77. The first-order valence-corrected chi connectivity index (χ1v) is 4.38. The average Bonchev–Trinajstić information content (AvgIpc) is 2.82. The summed E-state index contributed by atoms with van der Waals surface area (Å²) in [4.78, 5) is 11.2. The molecule has 0 N–H and O–H groups in total. The van der Waals surface area contributed by atoms with E-state index in [4.69, 9.17) is 0 Å². The predicted molar refractivity (Wildman–Crippen MR) is 49.4 cm³/mol. The zero-order valence-corrected chi connectivity index (χ0v) is 7.21. The normalized spacial score (nSPS) is 16.1. The molecule has 1 aromatic carbocycles. The fraction of sp³-hybridized carbons (Fsp3) is 0.364. The molecule has 2 rings (SSSR count). The molecule has 0 bridgehead atoms. The number of rotatable bonds is 1. The van der Waals surface area contributed by atoms with Gasteiger partial charge in [-0.05, 0) is 42.9 Å².